The lowest BCUT2D eigenvalue weighted by molar-refractivity contribution is -0.126. The molecule has 0 bridgehead atoms. The summed E-state index contributed by atoms with van der Waals surface area (Å²) >= 11 is 5.96. The van der Waals surface area contributed by atoms with Crippen molar-refractivity contribution in [1.82, 2.24) is 5.32 Å². The first-order chi connectivity index (χ1) is 12.0. The number of nitrogens with one attached hydrogen (secondary N) is 1. The Kier molecular flexibility index (Phi) is 5.34. The molecule has 1 atom stereocenters. The van der Waals surface area contributed by atoms with Crippen molar-refractivity contribution in [1.29, 1.82) is 0 Å². The Balaban J connectivity index is 1.54. The largest absolute Gasteiger partial charge is 0.355 e. The molecule has 1 unspecified atom stereocenters. The Morgan fingerprint density at radius 1 is 1.24 bits per heavy atom. The van der Waals surface area contributed by atoms with E-state index in [1.807, 2.05) is 6.07 Å². The van der Waals surface area contributed by atoms with Crippen LogP contribution in [0.2, 0.25) is 5.02 Å². The molecule has 0 saturated carbocycles. The van der Waals surface area contributed by atoms with Crippen LogP contribution in [-0.4, -0.2) is 24.9 Å². The fourth-order valence-corrected chi connectivity index (χ4v) is 3.13. The van der Waals surface area contributed by atoms with Gasteiger partial charge in [0.15, 0.2) is 0 Å². The van der Waals surface area contributed by atoms with Gasteiger partial charge in [0.2, 0.25) is 11.8 Å². The van der Waals surface area contributed by atoms with Crippen molar-refractivity contribution in [2.45, 2.75) is 12.8 Å². The Morgan fingerprint density at radius 3 is 2.80 bits per heavy atom. The molecular weight excluding hydrogens is 343 g/mol. The topological polar surface area (TPSA) is 49.4 Å². The van der Waals surface area contributed by atoms with E-state index in [2.05, 4.69) is 5.32 Å². The van der Waals surface area contributed by atoms with Crippen LogP contribution in [0.4, 0.5) is 10.1 Å². The number of carbonyl (C=O) groups excluding carboxylic acids is 2. The smallest absolute Gasteiger partial charge is 0.227 e. The first-order valence-electron chi connectivity index (χ1n) is 8.11. The zero-order valence-corrected chi connectivity index (χ0v) is 14.3. The molecule has 1 N–H and O–H groups in total. The van der Waals surface area contributed by atoms with Crippen LogP contribution >= 0.6 is 11.6 Å². The molecule has 2 aromatic rings. The molecule has 0 aromatic heterocycles. The van der Waals surface area contributed by atoms with E-state index in [0.717, 1.165) is 5.56 Å². The molecule has 6 heteroatoms. The molecule has 0 spiro atoms. The van der Waals surface area contributed by atoms with Crippen molar-refractivity contribution in [3.63, 3.8) is 0 Å². The maximum atomic E-state index is 13.1. The van der Waals surface area contributed by atoms with Gasteiger partial charge in [0.05, 0.1) is 5.92 Å². The second kappa shape index (κ2) is 7.66. The maximum absolute atomic E-state index is 13.1. The monoisotopic (exact) mass is 360 g/mol. The predicted octanol–water partition coefficient (Wildman–Crippen LogP) is 3.19. The minimum Gasteiger partial charge on any atom is -0.355 e. The van der Waals surface area contributed by atoms with Gasteiger partial charge in [0.1, 0.15) is 5.82 Å². The third kappa shape index (κ3) is 4.37. The normalized spacial score (nSPS) is 17.0. The van der Waals surface area contributed by atoms with E-state index in [0.29, 0.717) is 30.2 Å². The van der Waals surface area contributed by atoms with Gasteiger partial charge >= 0.3 is 0 Å². The highest BCUT2D eigenvalue weighted by Crippen LogP contribution is 2.27. The van der Waals surface area contributed by atoms with E-state index in [1.165, 1.54) is 12.1 Å². The molecule has 1 aliphatic heterocycles. The van der Waals surface area contributed by atoms with Gasteiger partial charge in [0, 0.05) is 30.2 Å². The van der Waals surface area contributed by atoms with Crippen molar-refractivity contribution < 1.29 is 14.0 Å². The van der Waals surface area contributed by atoms with Gasteiger partial charge in [-0.25, -0.2) is 4.39 Å². The van der Waals surface area contributed by atoms with Crippen LogP contribution < -0.4 is 10.2 Å². The van der Waals surface area contributed by atoms with Crippen LogP contribution in [0.25, 0.3) is 0 Å². The van der Waals surface area contributed by atoms with Gasteiger partial charge in [-0.2, -0.15) is 0 Å². The average Bonchev–Trinajstić information content (AvgIpc) is 2.97. The molecule has 2 amide bonds. The molecule has 4 nitrogen and oxygen atoms in total. The molecule has 0 aliphatic carbocycles. The number of rotatable bonds is 5. The van der Waals surface area contributed by atoms with E-state index >= 15 is 0 Å². The summed E-state index contributed by atoms with van der Waals surface area (Å²) in [7, 11) is 0. The number of carbonyl (C=O) groups is 2. The zero-order chi connectivity index (χ0) is 17.8. The Bertz CT molecular complexity index is 796. The van der Waals surface area contributed by atoms with Crippen LogP contribution in [0.1, 0.15) is 12.0 Å². The molecule has 1 fully saturated rings. The summed E-state index contributed by atoms with van der Waals surface area (Å²) in [5.41, 5.74) is 1.52. The van der Waals surface area contributed by atoms with Gasteiger partial charge in [0.25, 0.3) is 0 Å². The van der Waals surface area contributed by atoms with Crippen molar-refractivity contribution in [2.75, 3.05) is 18.0 Å². The van der Waals surface area contributed by atoms with Crippen molar-refractivity contribution in [2.24, 2.45) is 5.92 Å². The first kappa shape index (κ1) is 17.4. The van der Waals surface area contributed by atoms with Gasteiger partial charge in [-0.1, -0.05) is 29.8 Å². The molecule has 1 saturated heterocycles. The number of hydrogen-bond acceptors (Lipinski definition) is 2. The summed E-state index contributed by atoms with van der Waals surface area (Å²) in [5.74, 6) is -0.928. The summed E-state index contributed by atoms with van der Waals surface area (Å²) in [4.78, 5) is 26.1. The van der Waals surface area contributed by atoms with Crippen LogP contribution in [-0.2, 0) is 16.0 Å². The third-order valence-corrected chi connectivity index (χ3v) is 4.45. The van der Waals surface area contributed by atoms with Gasteiger partial charge in [-0.3, -0.25) is 9.59 Å². The molecule has 2 aromatic carbocycles. The fourth-order valence-electron chi connectivity index (χ4n) is 2.94. The number of anilines is 1. The Labute approximate surface area is 150 Å². The second-order valence-electron chi connectivity index (χ2n) is 6.06. The SMILES string of the molecule is O=C(NCCc1cccc(F)c1)C1CC(=O)N(c2cccc(Cl)c2)C1. The van der Waals surface area contributed by atoms with Gasteiger partial charge < -0.3 is 10.2 Å². The van der Waals surface area contributed by atoms with Crippen LogP contribution in [0.5, 0.6) is 0 Å². The molecule has 130 valence electrons. The van der Waals surface area contributed by atoms with E-state index in [9.17, 15) is 14.0 Å². The second-order valence-corrected chi connectivity index (χ2v) is 6.49. The van der Waals surface area contributed by atoms with Crippen molar-refractivity contribution in [3.8, 4) is 0 Å². The lowest BCUT2D eigenvalue weighted by atomic mass is 10.1. The third-order valence-electron chi connectivity index (χ3n) is 4.22. The molecule has 3 rings (SSSR count). The van der Waals surface area contributed by atoms with Gasteiger partial charge in [-0.15, -0.1) is 0 Å². The van der Waals surface area contributed by atoms with Gasteiger partial charge in [-0.05, 0) is 42.3 Å². The highest BCUT2D eigenvalue weighted by atomic mass is 35.5. The van der Waals surface area contributed by atoms with E-state index in [1.54, 1.807) is 35.2 Å². The Hall–Kier alpha value is -2.40. The molecule has 1 heterocycles. The quantitative estimate of drug-likeness (QED) is 0.890. The Morgan fingerprint density at radius 2 is 2.04 bits per heavy atom. The number of hydrogen-bond donors (Lipinski definition) is 1. The number of halogens is 2. The number of amides is 2. The summed E-state index contributed by atoms with van der Waals surface area (Å²) < 4.78 is 13.1. The van der Waals surface area contributed by atoms with E-state index in [-0.39, 0.29) is 30.0 Å². The predicted molar refractivity (Wildman–Crippen MR) is 95.0 cm³/mol. The molecular formula is C19H18ClFN2O2. The minimum absolute atomic E-state index is 0.0902. The highest BCUT2D eigenvalue weighted by Gasteiger charge is 2.34. The summed E-state index contributed by atoms with van der Waals surface area (Å²) in [6.07, 6.45) is 0.723. The summed E-state index contributed by atoms with van der Waals surface area (Å²) in [5, 5.41) is 3.38. The molecule has 1 aliphatic rings. The average molecular weight is 361 g/mol. The number of nitrogens with zero attached hydrogens (tertiary/aromatic N) is 1. The minimum atomic E-state index is -0.390. The van der Waals surface area contributed by atoms with E-state index < -0.39 is 0 Å². The maximum Gasteiger partial charge on any atom is 0.227 e. The standard InChI is InChI=1S/C19H18ClFN2O2/c20-15-4-2-6-17(11-15)23-12-14(10-18(23)24)19(25)22-8-7-13-3-1-5-16(21)9-13/h1-6,9,11,14H,7-8,10,12H2,(H,22,25). The number of benzene rings is 2. The van der Waals surface area contributed by atoms with Crippen molar-refractivity contribution in [3.05, 3.63) is 64.9 Å². The summed E-state index contributed by atoms with van der Waals surface area (Å²) in [6, 6.07) is 13.3. The molecule has 25 heavy (non-hydrogen) atoms. The fraction of sp³-hybridized carbons (Fsp3) is 0.263. The first-order valence-corrected chi connectivity index (χ1v) is 8.49. The molecule has 0 radical (unpaired) electrons. The highest BCUT2D eigenvalue weighted by molar-refractivity contribution is 6.30. The van der Waals surface area contributed by atoms with Crippen LogP contribution in [0.3, 0.4) is 0 Å². The lowest BCUT2D eigenvalue weighted by Crippen LogP contribution is -2.34. The van der Waals surface area contributed by atoms with Crippen LogP contribution in [0, 0.1) is 11.7 Å². The van der Waals surface area contributed by atoms with Crippen molar-refractivity contribution >= 4 is 29.1 Å². The zero-order valence-electron chi connectivity index (χ0n) is 13.5. The lowest BCUT2D eigenvalue weighted by Gasteiger charge is -2.17. The van der Waals surface area contributed by atoms with Crippen LogP contribution in [0.15, 0.2) is 48.5 Å². The van der Waals surface area contributed by atoms with E-state index in [4.69, 9.17) is 11.6 Å². The summed E-state index contributed by atoms with van der Waals surface area (Å²) in [6.45, 7) is 0.745.